The fourth-order valence-corrected chi connectivity index (χ4v) is 6.02. The predicted molar refractivity (Wildman–Crippen MR) is 136 cm³/mol. The van der Waals surface area contributed by atoms with Gasteiger partial charge in [0.15, 0.2) is 0 Å². The monoisotopic (exact) mass is 485 g/mol. The summed E-state index contributed by atoms with van der Waals surface area (Å²) in [5.41, 5.74) is 5.58. The van der Waals surface area contributed by atoms with E-state index in [4.69, 9.17) is 4.98 Å². The first kappa shape index (κ1) is 22.9. The predicted octanol–water partition coefficient (Wildman–Crippen LogP) is 2.74. The SMILES string of the molecule is CNC(=O)C(CCC=O)N1Cc2cc(-c3cc(CN4CC5CC5C4)c4ccn(C)c4n3)ccc2C1=O. The van der Waals surface area contributed by atoms with Crippen molar-refractivity contribution in [3.05, 3.63) is 53.2 Å². The molecule has 3 unspecified atom stereocenters. The maximum atomic E-state index is 13.2. The summed E-state index contributed by atoms with van der Waals surface area (Å²) < 4.78 is 2.06. The van der Waals surface area contributed by atoms with E-state index in [1.165, 1.54) is 30.5 Å². The average molecular weight is 486 g/mol. The number of amides is 2. The van der Waals surface area contributed by atoms with Crippen molar-refractivity contribution in [1.29, 1.82) is 0 Å². The van der Waals surface area contributed by atoms with Crippen molar-refractivity contribution in [1.82, 2.24) is 24.7 Å². The quantitative estimate of drug-likeness (QED) is 0.496. The lowest BCUT2D eigenvalue weighted by Crippen LogP contribution is -2.46. The Kier molecular flexibility index (Phi) is 5.63. The Bertz CT molecular complexity index is 1370. The molecule has 8 heteroatoms. The number of fused-ring (bicyclic) bond motifs is 3. The lowest BCUT2D eigenvalue weighted by Gasteiger charge is -2.25. The van der Waals surface area contributed by atoms with E-state index in [2.05, 4.69) is 33.1 Å². The molecule has 2 aromatic heterocycles. The Morgan fingerprint density at radius 1 is 1.22 bits per heavy atom. The Hall–Kier alpha value is -3.52. The van der Waals surface area contributed by atoms with Crippen molar-refractivity contribution in [3.63, 3.8) is 0 Å². The molecule has 1 saturated carbocycles. The van der Waals surface area contributed by atoms with Gasteiger partial charge in [-0.15, -0.1) is 0 Å². The van der Waals surface area contributed by atoms with E-state index >= 15 is 0 Å². The number of hydrogen-bond acceptors (Lipinski definition) is 5. The number of hydrogen-bond donors (Lipinski definition) is 1. The van der Waals surface area contributed by atoms with E-state index in [9.17, 15) is 14.4 Å². The van der Waals surface area contributed by atoms with Gasteiger partial charge in [0.1, 0.15) is 18.0 Å². The van der Waals surface area contributed by atoms with Crippen molar-refractivity contribution >= 4 is 29.1 Å². The van der Waals surface area contributed by atoms with Crippen LogP contribution in [0.2, 0.25) is 0 Å². The minimum absolute atomic E-state index is 0.171. The standard InChI is InChI=1S/C28H31N5O3/c1-29-27(35)25(4-3-9-34)33-16-20-10-17(5-6-23(20)28(33)36)24-12-21(15-32-13-18-11-19(18)14-32)22-7-8-31(2)26(22)30-24/h5-10,12,18-19,25H,3-4,11,13-16H2,1-2H3,(H,29,35). The smallest absolute Gasteiger partial charge is 0.255 e. The summed E-state index contributed by atoms with van der Waals surface area (Å²) in [6, 6.07) is 9.50. The second kappa shape index (κ2) is 8.85. The summed E-state index contributed by atoms with van der Waals surface area (Å²) in [5, 5.41) is 3.82. The van der Waals surface area contributed by atoms with Crippen molar-refractivity contribution in [2.24, 2.45) is 18.9 Å². The van der Waals surface area contributed by atoms with Gasteiger partial charge in [-0.2, -0.15) is 0 Å². The molecule has 186 valence electrons. The van der Waals surface area contributed by atoms with Crippen LogP contribution in [-0.2, 0) is 29.7 Å². The summed E-state index contributed by atoms with van der Waals surface area (Å²) in [6.07, 6.45) is 4.77. The maximum absolute atomic E-state index is 13.2. The van der Waals surface area contributed by atoms with Gasteiger partial charge >= 0.3 is 0 Å². The van der Waals surface area contributed by atoms with Gasteiger partial charge in [0.2, 0.25) is 5.91 Å². The third-order valence-corrected chi connectivity index (χ3v) is 8.09. The number of aldehydes is 1. The molecule has 2 fully saturated rings. The first-order valence-electron chi connectivity index (χ1n) is 12.7. The normalized spacial score (nSPS) is 21.5. The van der Waals surface area contributed by atoms with Crippen LogP contribution in [0.5, 0.6) is 0 Å². The molecule has 36 heavy (non-hydrogen) atoms. The average Bonchev–Trinajstić information content (AvgIpc) is 3.16. The number of aryl methyl sites for hydroxylation is 1. The molecule has 0 spiro atoms. The molecule has 1 N–H and O–H groups in total. The Balaban J connectivity index is 1.32. The van der Waals surface area contributed by atoms with Gasteiger partial charge in [-0.25, -0.2) is 4.98 Å². The zero-order valence-electron chi connectivity index (χ0n) is 20.7. The summed E-state index contributed by atoms with van der Waals surface area (Å²) in [5.74, 6) is 1.35. The van der Waals surface area contributed by atoms with E-state index in [0.717, 1.165) is 47.1 Å². The van der Waals surface area contributed by atoms with Crippen LogP contribution in [-0.4, -0.2) is 63.6 Å². The molecule has 2 amide bonds. The second-order valence-corrected chi connectivity index (χ2v) is 10.5. The fourth-order valence-electron chi connectivity index (χ4n) is 6.02. The van der Waals surface area contributed by atoms with Crippen LogP contribution < -0.4 is 5.32 Å². The topological polar surface area (TPSA) is 87.5 Å². The molecule has 8 nitrogen and oxygen atoms in total. The summed E-state index contributed by atoms with van der Waals surface area (Å²) in [7, 11) is 3.57. The number of pyridine rings is 1. The molecular formula is C28H31N5O3. The molecule has 4 heterocycles. The van der Waals surface area contributed by atoms with Gasteiger partial charge < -0.3 is 19.6 Å². The van der Waals surface area contributed by atoms with Crippen molar-refractivity contribution in [2.75, 3.05) is 20.1 Å². The fraction of sp³-hybridized carbons (Fsp3) is 0.429. The minimum atomic E-state index is -0.667. The van der Waals surface area contributed by atoms with Gasteiger partial charge in [0.25, 0.3) is 5.91 Å². The molecule has 0 radical (unpaired) electrons. The molecular weight excluding hydrogens is 454 g/mol. The van der Waals surface area contributed by atoms with Gasteiger partial charge in [0, 0.05) is 69.4 Å². The highest BCUT2D eigenvalue weighted by Gasteiger charge is 2.44. The zero-order chi connectivity index (χ0) is 25.0. The Morgan fingerprint density at radius 2 is 2.03 bits per heavy atom. The van der Waals surface area contributed by atoms with E-state index in [0.29, 0.717) is 18.5 Å². The van der Waals surface area contributed by atoms with Gasteiger partial charge in [-0.05, 0) is 60.1 Å². The maximum Gasteiger partial charge on any atom is 0.255 e. The van der Waals surface area contributed by atoms with Crippen LogP contribution in [0.3, 0.4) is 0 Å². The number of nitrogens with zero attached hydrogens (tertiary/aromatic N) is 4. The largest absolute Gasteiger partial charge is 0.357 e. The zero-order valence-corrected chi connectivity index (χ0v) is 20.7. The number of nitrogens with one attached hydrogen (secondary N) is 1. The van der Waals surface area contributed by atoms with Crippen LogP contribution in [0.4, 0.5) is 0 Å². The number of carbonyl (C=O) groups excluding carboxylic acids is 3. The van der Waals surface area contributed by atoms with Crippen LogP contribution in [0, 0.1) is 11.8 Å². The van der Waals surface area contributed by atoms with Crippen LogP contribution in [0.25, 0.3) is 22.3 Å². The Morgan fingerprint density at radius 3 is 2.78 bits per heavy atom. The van der Waals surface area contributed by atoms with E-state index < -0.39 is 6.04 Å². The molecule has 2 aliphatic heterocycles. The third-order valence-electron chi connectivity index (χ3n) is 8.09. The van der Waals surface area contributed by atoms with E-state index in [1.807, 2.05) is 25.2 Å². The molecule has 1 aliphatic carbocycles. The number of rotatable bonds is 8. The molecule has 6 rings (SSSR count). The first-order valence-corrected chi connectivity index (χ1v) is 12.7. The lowest BCUT2D eigenvalue weighted by atomic mass is 10.0. The summed E-state index contributed by atoms with van der Waals surface area (Å²) in [6.45, 7) is 3.63. The summed E-state index contributed by atoms with van der Waals surface area (Å²) in [4.78, 5) is 45.7. The van der Waals surface area contributed by atoms with Crippen LogP contribution in [0.1, 0.15) is 40.7 Å². The Labute approximate surface area is 210 Å². The van der Waals surface area contributed by atoms with Gasteiger partial charge in [-0.3, -0.25) is 14.5 Å². The molecule has 3 aromatic rings. The van der Waals surface area contributed by atoms with E-state index in [-0.39, 0.29) is 18.2 Å². The number of benzene rings is 1. The number of likely N-dealkylation sites (N-methyl/N-ethyl adjacent to an activating group) is 1. The second-order valence-electron chi connectivity index (χ2n) is 10.5. The highest BCUT2D eigenvalue weighted by molar-refractivity contribution is 6.01. The summed E-state index contributed by atoms with van der Waals surface area (Å²) >= 11 is 0. The first-order chi connectivity index (χ1) is 17.5. The van der Waals surface area contributed by atoms with Crippen molar-refractivity contribution in [2.45, 2.75) is 38.4 Å². The van der Waals surface area contributed by atoms with Crippen LogP contribution >= 0.6 is 0 Å². The molecule has 3 atom stereocenters. The minimum Gasteiger partial charge on any atom is -0.357 e. The highest BCUT2D eigenvalue weighted by Crippen LogP contribution is 2.45. The number of likely N-dealkylation sites (tertiary alicyclic amines) is 1. The molecule has 1 saturated heterocycles. The third kappa shape index (κ3) is 3.89. The number of aromatic nitrogens is 2. The van der Waals surface area contributed by atoms with Gasteiger partial charge in [-0.1, -0.05) is 6.07 Å². The van der Waals surface area contributed by atoms with E-state index in [1.54, 1.807) is 11.9 Å². The number of carbonyl (C=O) groups is 3. The molecule has 3 aliphatic rings. The van der Waals surface area contributed by atoms with Crippen molar-refractivity contribution < 1.29 is 14.4 Å². The lowest BCUT2D eigenvalue weighted by molar-refractivity contribution is -0.125. The molecule has 1 aromatic carbocycles. The molecule has 0 bridgehead atoms. The highest BCUT2D eigenvalue weighted by atomic mass is 16.2. The van der Waals surface area contributed by atoms with Crippen LogP contribution in [0.15, 0.2) is 36.5 Å². The number of piperidine rings is 1. The van der Waals surface area contributed by atoms with Gasteiger partial charge in [0.05, 0.1) is 5.69 Å². The van der Waals surface area contributed by atoms with Crippen molar-refractivity contribution in [3.8, 4) is 11.3 Å².